The van der Waals surface area contributed by atoms with Crippen molar-refractivity contribution in [3.05, 3.63) is 43.8 Å². The number of fused-ring (bicyclic) bond motifs is 1. The average molecular weight is 364 g/mol. The predicted molar refractivity (Wildman–Crippen MR) is 96.6 cm³/mol. The lowest BCUT2D eigenvalue weighted by Gasteiger charge is -2.12. The summed E-state index contributed by atoms with van der Waals surface area (Å²) >= 11 is 3.10. The van der Waals surface area contributed by atoms with Crippen molar-refractivity contribution >= 4 is 34.6 Å². The van der Waals surface area contributed by atoms with Gasteiger partial charge in [0, 0.05) is 9.75 Å². The molecule has 4 nitrogen and oxygen atoms in total. The Kier molecular flexibility index (Phi) is 5.68. The van der Waals surface area contributed by atoms with Gasteiger partial charge in [-0.15, -0.1) is 22.7 Å². The molecule has 24 heavy (non-hydrogen) atoms. The molecule has 0 unspecified atom stereocenters. The van der Waals surface area contributed by atoms with Crippen LogP contribution in [0.5, 0.6) is 0 Å². The van der Waals surface area contributed by atoms with E-state index in [4.69, 9.17) is 4.74 Å². The molecule has 0 fully saturated rings. The van der Waals surface area contributed by atoms with Crippen molar-refractivity contribution < 1.29 is 14.3 Å². The van der Waals surface area contributed by atoms with Crippen molar-refractivity contribution in [3.8, 4) is 0 Å². The van der Waals surface area contributed by atoms with Crippen molar-refractivity contribution in [2.45, 2.75) is 51.7 Å². The molecule has 0 aromatic carbocycles. The molecule has 0 aliphatic heterocycles. The lowest BCUT2D eigenvalue weighted by molar-refractivity contribution is -0.129. The number of amides is 1. The van der Waals surface area contributed by atoms with Gasteiger partial charge in [0.1, 0.15) is 4.88 Å². The van der Waals surface area contributed by atoms with Gasteiger partial charge in [0.05, 0.1) is 6.54 Å². The smallest absolute Gasteiger partial charge is 0.349 e. The molecule has 1 amide bonds. The Morgan fingerprint density at radius 1 is 1.29 bits per heavy atom. The Bertz CT molecular complexity index is 682. The van der Waals surface area contributed by atoms with Crippen LogP contribution in [0.3, 0.4) is 0 Å². The van der Waals surface area contributed by atoms with E-state index in [2.05, 4.69) is 5.32 Å². The van der Waals surface area contributed by atoms with Crippen LogP contribution in [0.1, 0.15) is 51.2 Å². The Hall–Kier alpha value is -1.66. The van der Waals surface area contributed by atoms with E-state index in [9.17, 15) is 9.59 Å². The first-order valence-electron chi connectivity index (χ1n) is 8.26. The maximum absolute atomic E-state index is 12.3. The SMILES string of the molecule is C[C@@H](OC(=O)c1cc2c(s1)CCCCC2)C(=O)NCc1cccs1. The van der Waals surface area contributed by atoms with Crippen LogP contribution in [0.2, 0.25) is 0 Å². The molecule has 1 aliphatic rings. The molecule has 0 spiro atoms. The van der Waals surface area contributed by atoms with Gasteiger partial charge in [-0.05, 0) is 55.7 Å². The van der Waals surface area contributed by atoms with Crippen LogP contribution in [0.4, 0.5) is 0 Å². The minimum Gasteiger partial charge on any atom is -0.448 e. The fourth-order valence-electron chi connectivity index (χ4n) is 2.77. The molecule has 2 aromatic rings. The molecular weight excluding hydrogens is 342 g/mol. The Morgan fingerprint density at radius 2 is 2.12 bits per heavy atom. The van der Waals surface area contributed by atoms with Crippen LogP contribution >= 0.6 is 22.7 Å². The summed E-state index contributed by atoms with van der Waals surface area (Å²) in [6.45, 7) is 2.08. The van der Waals surface area contributed by atoms with Gasteiger partial charge in [-0.2, -0.15) is 0 Å². The lowest BCUT2D eigenvalue weighted by atomic mass is 10.1. The summed E-state index contributed by atoms with van der Waals surface area (Å²) in [5.74, 6) is -0.665. The summed E-state index contributed by atoms with van der Waals surface area (Å²) in [7, 11) is 0. The number of rotatable bonds is 5. The molecule has 0 radical (unpaired) electrons. The second kappa shape index (κ2) is 7.94. The van der Waals surface area contributed by atoms with E-state index in [0.717, 1.165) is 17.7 Å². The van der Waals surface area contributed by atoms with Gasteiger partial charge in [0.2, 0.25) is 0 Å². The Labute approximate surface area is 149 Å². The third-order valence-electron chi connectivity index (χ3n) is 4.12. The zero-order valence-corrected chi connectivity index (χ0v) is 15.3. The average Bonchev–Trinajstić information content (AvgIpc) is 3.18. The summed E-state index contributed by atoms with van der Waals surface area (Å²) in [5, 5.41) is 4.76. The first-order chi connectivity index (χ1) is 11.6. The lowest BCUT2D eigenvalue weighted by Crippen LogP contribution is -2.35. The highest BCUT2D eigenvalue weighted by molar-refractivity contribution is 7.14. The molecule has 6 heteroatoms. The first kappa shape index (κ1) is 17.2. The zero-order valence-electron chi connectivity index (χ0n) is 13.7. The van der Waals surface area contributed by atoms with Crippen molar-refractivity contribution in [1.29, 1.82) is 0 Å². The fraction of sp³-hybridized carbons (Fsp3) is 0.444. The summed E-state index contributed by atoms with van der Waals surface area (Å²) in [6.07, 6.45) is 4.91. The number of carbonyl (C=O) groups is 2. The molecule has 1 atom stereocenters. The molecule has 3 rings (SSSR count). The molecule has 2 aromatic heterocycles. The molecule has 0 saturated heterocycles. The first-order valence-corrected chi connectivity index (χ1v) is 9.96. The monoisotopic (exact) mass is 363 g/mol. The fourth-order valence-corrected chi connectivity index (χ4v) is 4.55. The summed E-state index contributed by atoms with van der Waals surface area (Å²) in [6, 6.07) is 5.85. The number of thiophene rings is 2. The highest BCUT2D eigenvalue weighted by atomic mass is 32.1. The Balaban J connectivity index is 1.54. The van der Waals surface area contributed by atoms with E-state index < -0.39 is 12.1 Å². The van der Waals surface area contributed by atoms with Crippen LogP contribution in [-0.4, -0.2) is 18.0 Å². The van der Waals surface area contributed by atoms with Gasteiger partial charge in [0.15, 0.2) is 6.10 Å². The topological polar surface area (TPSA) is 55.4 Å². The van der Waals surface area contributed by atoms with Crippen LogP contribution < -0.4 is 5.32 Å². The second-order valence-corrected chi connectivity index (χ2v) is 8.13. The second-order valence-electron chi connectivity index (χ2n) is 5.96. The number of hydrogen-bond donors (Lipinski definition) is 1. The third-order valence-corrected chi connectivity index (χ3v) is 6.21. The van der Waals surface area contributed by atoms with E-state index in [1.165, 1.54) is 41.0 Å². The number of ether oxygens (including phenoxy) is 1. The van der Waals surface area contributed by atoms with Crippen LogP contribution in [0.15, 0.2) is 23.6 Å². The van der Waals surface area contributed by atoms with E-state index in [0.29, 0.717) is 11.4 Å². The van der Waals surface area contributed by atoms with Gasteiger partial charge in [-0.25, -0.2) is 4.79 Å². The molecule has 128 valence electrons. The molecule has 2 heterocycles. The highest BCUT2D eigenvalue weighted by Gasteiger charge is 2.22. The van der Waals surface area contributed by atoms with Crippen LogP contribution in [0.25, 0.3) is 0 Å². The van der Waals surface area contributed by atoms with E-state index in [1.54, 1.807) is 18.3 Å². The summed E-state index contributed by atoms with van der Waals surface area (Å²) < 4.78 is 5.34. The van der Waals surface area contributed by atoms with E-state index in [-0.39, 0.29) is 5.91 Å². The number of aryl methyl sites for hydroxylation is 2. The third kappa shape index (κ3) is 4.24. The van der Waals surface area contributed by atoms with Crippen molar-refractivity contribution in [2.24, 2.45) is 0 Å². The van der Waals surface area contributed by atoms with Crippen LogP contribution in [-0.2, 0) is 28.9 Å². The number of carbonyl (C=O) groups excluding carboxylic acids is 2. The highest BCUT2D eigenvalue weighted by Crippen LogP contribution is 2.29. The zero-order chi connectivity index (χ0) is 16.9. The Morgan fingerprint density at radius 3 is 2.92 bits per heavy atom. The normalized spacial score (nSPS) is 15.2. The van der Waals surface area contributed by atoms with Gasteiger partial charge in [-0.1, -0.05) is 12.5 Å². The number of esters is 1. The predicted octanol–water partition coefficient (Wildman–Crippen LogP) is 3.94. The van der Waals surface area contributed by atoms with E-state index in [1.807, 2.05) is 23.6 Å². The number of nitrogens with one attached hydrogen (secondary N) is 1. The van der Waals surface area contributed by atoms with Gasteiger partial charge < -0.3 is 10.1 Å². The molecule has 1 aliphatic carbocycles. The van der Waals surface area contributed by atoms with Gasteiger partial charge in [0.25, 0.3) is 5.91 Å². The maximum Gasteiger partial charge on any atom is 0.349 e. The summed E-state index contributed by atoms with van der Waals surface area (Å²) in [5.41, 5.74) is 1.28. The minimum atomic E-state index is -0.792. The van der Waals surface area contributed by atoms with Gasteiger partial charge in [-0.3, -0.25) is 4.79 Å². The molecule has 0 bridgehead atoms. The molecule has 0 saturated carbocycles. The summed E-state index contributed by atoms with van der Waals surface area (Å²) in [4.78, 5) is 27.4. The van der Waals surface area contributed by atoms with Gasteiger partial charge >= 0.3 is 5.97 Å². The quantitative estimate of drug-likeness (QED) is 0.647. The minimum absolute atomic E-state index is 0.269. The molecule has 1 N–H and O–H groups in total. The van der Waals surface area contributed by atoms with Crippen molar-refractivity contribution in [3.63, 3.8) is 0 Å². The van der Waals surface area contributed by atoms with Crippen molar-refractivity contribution in [2.75, 3.05) is 0 Å². The standard InChI is InChI=1S/C18H21NO3S2/c1-12(17(20)19-11-14-7-5-9-23-14)22-18(21)16-10-13-6-3-2-4-8-15(13)24-16/h5,7,9-10,12H,2-4,6,8,11H2,1H3,(H,19,20)/t12-/m1/s1. The largest absolute Gasteiger partial charge is 0.448 e. The van der Waals surface area contributed by atoms with Crippen LogP contribution in [0, 0.1) is 0 Å². The van der Waals surface area contributed by atoms with E-state index >= 15 is 0 Å². The van der Waals surface area contributed by atoms with Crippen molar-refractivity contribution in [1.82, 2.24) is 5.32 Å². The maximum atomic E-state index is 12.3. The number of hydrogen-bond acceptors (Lipinski definition) is 5. The molecular formula is C18H21NO3S2.